The number of unbranched alkanes of at least 4 members (excludes halogenated alkanes) is 1. The minimum Gasteiger partial charge on any atom is -0.351 e. The summed E-state index contributed by atoms with van der Waals surface area (Å²) >= 11 is 1.57. The molecule has 102 valence electrons. The van der Waals surface area contributed by atoms with Crippen LogP contribution >= 0.6 is 22.9 Å². The first-order chi connectivity index (χ1) is 8.52. The topological polar surface area (TPSA) is 116 Å². The van der Waals surface area contributed by atoms with E-state index < -0.39 is 23.6 Å². The minimum absolute atomic E-state index is 0.332. The van der Waals surface area contributed by atoms with E-state index in [2.05, 4.69) is 19.5 Å². The number of halogens is 1. The lowest BCUT2D eigenvalue weighted by molar-refractivity contribution is -0.138. The summed E-state index contributed by atoms with van der Waals surface area (Å²) < 4.78 is 2.17. The average Bonchev–Trinajstić information content (AvgIpc) is 2.39. The van der Waals surface area contributed by atoms with Gasteiger partial charge in [0.2, 0.25) is 0 Å². The maximum atomic E-state index is 11.0. The average molecular weight is 370 g/mol. The van der Waals surface area contributed by atoms with Crippen LogP contribution in [0.1, 0.15) is 12.8 Å². The molecule has 0 aliphatic rings. The molecular formula is C9H15IN4O4. The highest BCUT2D eigenvalue weighted by Gasteiger charge is 2.11. The monoisotopic (exact) mass is 370 g/mol. The normalized spacial score (nSPS) is 9.22. The van der Waals surface area contributed by atoms with Crippen LogP contribution in [0.15, 0.2) is 0 Å². The standard InChI is InChI=1S/C9H15IN4O4/c1-11-6(15)7(16)12-4-2-3-5-13-8(17)9(18)14-10/h2-5H2,1H3,(H,11,15)(H,12,16)(H,13,17)(H,14,18). The van der Waals surface area contributed by atoms with Crippen LogP contribution in [0.5, 0.6) is 0 Å². The summed E-state index contributed by atoms with van der Waals surface area (Å²) in [5.74, 6) is -2.78. The third kappa shape index (κ3) is 7.04. The van der Waals surface area contributed by atoms with Gasteiger partial charge in [-0.2, -0.15) is 0 Å². The Hall–Kier alpha value is -1.39. The molecule has 0 aromatic carbocycles. The number of carbonyl (C=O) groups is 4. The molecule has 0 rings (SSSR count). The Balaban J connectivity index is 3.52. The van der Waals surface area contributed by atoms with Gasteiger partial charge in [0.25, 0.3) is 0 Å². The van der Waals surface area contributed by atoms with Crippen molar-refractivity contribution in [1.82, 2.24) is 19.5 Å². The number of likely N-dealkylation sites (N-methyl/N-ethyl adjacent to an activating group) is 1. The zero-order valence-electron chi connectivity index (χ0n) is 9.84. The van der Waals surface area contributed by atoms with E-state index in [0.717, 1.165) is 0 Å². The van der Waals surface area contributed by atoms with Gasteiger partial charge in [-0.05, 0) is 12.8 Å². The molecule has 0 radical (unpaired) electrons. The fourth-order valence-corrected chi connectivity index (χ4v) is 1.22. The second kappa shape index (κ2) is 9.62. The molecule has 8 nitrogen and oxygen atoms in total. The van der Waals surface area contributed by atoms with E-state index in [9.17, 15) is 19.2 Å². The van der Waals surface area contributed by atoms with Gasteiger partial charge in [0.1, 0.15) is 0 Å². The molecule has 0 saturated carbocycles. The van der Waals surface area contributed by atoms with Gasteiger partial charge in [-0.1, -0.05) is 0 Å². The second-order valence-electron chi connectivity index (χ2n) is 3.22. The van der Waals surface area contributed by atoms with Crippen LogP contribution in [0, 0.1) is 0 Å². The van der Waals surface area contributed by atoms with Gasteiger partial charge in [-0.15, -0.1) is 0 Å². The van der Waals surface area contributed by atoms with Crippen molar-refractivity contribution in [2.24, 2.45) is 0 Å². The molecule has 4 amide bonds. The van der Waals surface area contributed by atoms with Gasteiger partial charge in [0.15, 0.2) is 0 Å². The summed E-state index contributed by atoms with van der Waals surface area (Å²) in [6, 6.07) is 0. The van der Waals surface area contributed by atoms with Gasteiger partial charge in [0.05, 0.1) is 22.9 Å². The Kier molecular flexibility index (Phi) is 8.88. The lowest BCUT2D eigenvalue weighted by atomic mass is 10.3. The first-order valence-corrected chi connectivity index (χ1v) is 6.29. The summed E-state index contributed by atoms with van der Waals surface area (Å²) in [5, 5.41) is 7.02. The highest BCUT2D eigenvalue weighted by atomic mass is 127. The van der Waals surface area contributed by atoms with Crippen molar-refractivity contribution in [2.75, 3.05) is 20.1 Å². The summed E-state index contributed by atoms with van der Waals surface area (Å²) in [6.07, 6.45) is 1.18. The zero-order chi connectivity index (χ0) is 14.0. The number of carbonyl (C=O) groups excluding carboxylic acids is 4. The van der Waals surface area contributed by atoms with Crippen molar-refractivity contribution >= 4 is 46.5 Å². The van der Waals surface area contributed by atoms with Crippen molar-refractivity contribution in [2.45, 2.75) is 12.8 Å². The Bertz CT molecular complexity index is 303. The number of rotatable bonds is 5. The van der Waals surface area contributed by atoms with Crippen LogP contribution < -0.4 is 19.5 Å². The van der Waals surface area contributed by atoms with Crippen LogP contribution in [0.2, 0.25) is 0 Å². The maximum Gasteiger partial charge on any atom is 0.317 e. The van der Waals surface area contributed by atoms with Crippen molar-refractivity contribution in [1.29, 1.82) is 0 Å². The van der Waals surface area contributed by atoms with E-state index in [1.807, 2.05) is 0 Å². The number of hydrogen-bond acceptors (Lipinski definition) is 4. The van der Waals surface area contributed by atoms with Gasteiger partial charge < -0.3 is 16.0 Å². The quantitative estimate of drug-likeness (QED) is 0.198. The fraction of sp³-hybridized carbons (Fsp3) is 0.556. The van der Waals surface area contributed by atoms with Crippen LogP contribution in [-0.2, 0) is 19.2 Å². The molecule has 0 heterocycles. The Labute approximate surface area is 118 Å². The first-order valence-electron chi connectivity index (χ1n) is 5.21. The molecule has 0 unspecified atom stereocenters. The lowest BCUT2D eigenvalue weighted by Gasteiger charge is -2.05. The predicted molar refractivity (Wildman–Crippen MR) is 71.5 cm³/mol. The van der Waals surface area contributed by atoms with Crippen molar-refractivity contribution in [3.63, 3.8) is 0 Å². The molecule has 0 spiro atoms. The summed E-state index contributed by atoms with van der Waals surface area (Å²) in [4.78, 5) is 43.6. The molecule has 0 aromatic heterocycles. The minimum atomic E-state index is -0.705. The zero-order valence-corrected chi connectivity index (χ0v) is 12.0. The van der Waals surface area contributed by atoms with Gasteiger partial charge in [-0.25, -0.2) is 0 Å². The van der Waals surface area contributed by atoms with Crippen molar-refractivity contribution in [3.05, 3.63) is 0 Å². The maximum absolute atomic E-state index is 11.0. The van der Waals surface area contributed by atoms with Gasteiger partial charge in [0, 0.05) is 20.1 Å². The third-order valence-corrected chi connectivity index (χ3v) is 2.39. The molecule has 0 saturated heterocycles. The molecular weight excluding hydrogens is 355 g/mol. The van der Waals surface area contributed by atoms with Gasteiger partial charge in [-0.3, -0.25) is 22.7 Å². The molecule has 0 aliphatic heterocycles. The number of nitrogens with one attached hydrogen (secondary N) is 4. The smallest absolute Gasteiger partial charge is 0.317 e. The van der Waals surface area contributed by atoms with Crippen LogP contribution in [0.4, 0.5) is 0 Å². The van der Waals surface area contributed by atoms with Crippen LogP contribution in [0.3, 0.4) is 0 Å². The highest BCUT2D eigenvalue weighted by Crippen LogP contribution is 1.85. The van der Waals surface area contributed by atoms with Crippen LogP contribution in [0.25, 0.3) is 0 Å². The summed E-state index contributed by atoms with van der Waals surface area (Å²) in [6.45, 7) is 0.666. The molecule has 18 heavy (non-hydrogen) atoms. The molecule has 0 aliphatic carbocycles. The van der Waals surface area contributed by atoms with E-state index in [-0.39, 0.29) is 0 Å². The largest absolute Gasteiger partial charge is 0.351 e. The lowest BCUT2D eigenvalue weighted by Crippen LogP contribution is -2.39. The van der Waals surface area contributed by atoms with E-state index in [4.69, 9.17) is 0 Å². The van der Waals surface area contributed by atoms with Crippen molar-refractivity contribution in [3.8, 4) is 0 Å². The fourth-order valence-electron chi connectivity index (χ4n) is 0.971. The first kappa shape index (κ1) is 16.6. The van der Waals surface area contributed by atoms with E-state index >= 15 is 0 Å². The SMILES string of the molecule is CNC(=O)C(=O)NCCCCNC(=O)C(=O)NI. The number of hydrogen-bond donors (Lipinski definition) is 4. The molecule has 4 N–H and O–H groups in total. The summed E-state index contributed by atoms with van der Waals surface area (Å²) in [7, 11) is 1.37. The molecule has 0 bridgehead atoms. The van der Waals surface area contributed by atoms with E-state index in [0.29, 0.717) is 25.9 Å². The van der Waals surface area contributed by atoms with Crippen molar-refractivity contribution < 1.29 is 19.2 Å². The predicted octanol–water partition coefficient (Wildman–Crippen LogP) is -1.79. The molecule has 0 atom stereocenters. The third-order valence-electron chi connectivity index (χ3n) is 1.90. The van der Waals surface area contributed by atoms with E-state index in [1.165, 1.54) is 7.05 Å². The van der Waals surface area contributed by atoms with Gasteiger partial charge >= 0.3 is 23.6 Å². The van der Waals surface area contributed by atoms with Crippen LogP contribution in [-0.4, -0.2) is 43.8 Å². The molecule has 0 aromatic rings. The molecule has 9 heteroatoms. The number of amides is 4. The Morgan fingerprint density at radius 2 is 1.28 bits per heavy atom. The Morgan fingerprint density at radius 3 is 1.67 bits per heavy atom. The Morgan fingerprint density at radius 1 is 0.833 bits per heavy atom. The summed E-state index contributed by atoms with van der Waals surface area (Å²) in [5.41, 5.74) is 0. The van der Waals surface area contributed by atoms with E-state index in [1.54, 1.807) is 22.9 Å². The highest BCUT2D eigenvalue weighted by molar-refractivity contribution is 14.1. The second-order valence-corrected chi connectivity index (χ2v) is 3.76. The molecule has 0 fully saturated rings.